The predicted molar refractivity (Wildman–Crippen MR) is 171 cm³/mol. The molecular formula is C36H46O8. The number of esters is 2. The Morgan fingerprint density at radius 3 is 1.27 bits per heavy atom. The number of ketones is 2. The molecule has 238 valence electrons. The van der Waals surface area contributed by atoms with Crippen molar-refractivity contribution in [3.05, 3.63) is 82.0 Å². The van der Waals surface area contributed by atoms with E-state index in [1.165, 1.54) is 0 Å². The molecule has 0 aliphatic carbocycles. The predicted octanol–water partition coefficient (Wildman–Crippen LogP) is 7.32. The standard InChI is InChI=1S/C36H46O8/c1-9-23(3)35(39)29-15-17-31(27(7)25(29)5)43-21-33(37)41-19-13-11-12-14-20-42-34(38)22-44-32-18-16-30(26(6)28(32)8)36(40)24(4)10-2/h15-18H,3-4,9-14,19-22H2,1-2,5-8H3. The molecule has 0 spiro atoms. The van der Waals surface area contributed by atoms with Crippen LogP contribution in [0.2, 0.25) is 0 Å². The number of allylic oxidation sites excluding steroid dienone is 2. The Balaban J connectivity index is 1.61. The van der Waals surface area contributed by atoms with Gasteiger partial charge in [-0.05, 0) is 124 Å². The number of ether oxygens (including phenoxy) is 4. The van der Waals surface area contributed by atoms with Crippen molar-refractivity contribution < 1.29 is 38.1 Å². The van der Waals surface area contributed by atoms with Gasteiger partial charge >= 0.3 is 11.9 Å². The highest BCUT2D eigenvalue weighted by atomic mass is 16.6. The molecule has 0 unspecified atom stereocenters. The van der Waals surface area contributed by atoms with Crippen LogP contribution in [0.3, 0.4) is 0 Å². The van der Waals surface area contributed by atoms with E-state index in [2.05, 4.69) is 13.2 Å². The van der Waals surface area contributed by atoms with Crippen molar-refractivity contribution in [2.75, 3.05) is 26.4 Å². The fourth-order valence-corrected chi connectivity index (χ4v) is 4.38. The lowest BCUT2D eigenvalue weighted by Gasteiger charge is -2.14. The monoisotopic (exact) mass is 606 g/mol. The minimum Gasteiger partial charge on any atom is -0.482 e. The average molecular weight is 607 g/mol. The van der Waals surface area contributed by atoms with Crippen molar-refractivity contribution in [3.63, 3.8) is 0 Å². The summed E-state index contributed by atoms with van der Waals surface area (Å²) < 4.78 is 21.8. The van der Waals surface area contributed by atoms with Crippen LogP contribution in [-0.4, -0.2) is 49.9 Å². The zero-order valence-electron chi connectivity index (χ0n) is 27.1. The summed E-state index contributed by atoms with van der Waals surface area (Å²) in [5.41, 5.74) is 5.48. The first-order valence-electron chi connectivity index (χ1n) is 15.1. The number of Topliss-reactive ketones (excluding diaryl/α,β-unsaturated/α-hetero) is 2. The number of rotatable bonds is 19. The Labute approximate surface area is 261 Å². The molecule has 8 nitrogen and oxygen atoms in total. The van der Waals surface area contributed by atoms with Gasteiger partial charge in [0.2, 0.25) is 0 Å². The summed E-state index contributed by atoms with van der Waals surface area (Å²) in [5, 5.41) is 0. The number of hydrogen-bond acceptors (Lipinski definition) is 8. The highest BCUT2D eigenvalue weighted by molar-refractivity contribution is 6.10. The molecule has 2 aromatic carbocycles. The van der Waals surface area contributed by atoms with Crippen molar-refractivity contribution in [2.24, 2.45) is 0 Å². The van der Waals surface area contributed by atoms with Gasteiger partial charge in [0, 0.05) is 11.1 Å². The third-order valence-electron chi connectivity index (χ3n) is 7.72. The quantitative estimate of drug-likeness (QED) is 0.0709. The van der Waals surface area contributed by atoms with E-state index in [1.54, 1.807) is 24.3 Å². The Bertz CT molecular complexity index is 1280. The first-order chi connectivity index (χ1) is 20.9. The van der Waals surface area contributed by atoms with Crippen LogP contribution in [0.15, 0.2) is 48.6 Å². The molecule has 0 aromatic heterocycles. The fourth-order valence-electron chi connectivity index (χ4n) is 4.38. The largest absolute Gasteiger partial charge is 0.482 e. The molecule has 0 amide bonds. The van der Waals surface area contributed by atoms with Gasteiger partial charge < -0.3 is 18.9 Å². The number of hydrogen-bond donors (Lipinski definition) is 0. The topological polar surface area (TPSA) is 105 Å². The van der Waals surface area contributed by atoms with Gasteiger partial charge in [0.1, 0.15) is 11.5 Å². The Kier molecular flexibility index (Phi) is 14.6. The van der Waals surface area contributed by atoms with Crippen molar-refractivity contribution in [2.45, 2.75) is 80.1 Å². The van der Waals surface area contributed by atoms with E-state index in [9.17, 15) is 19.2 Å². The SMILES string of the molecule is C=C(CC)C(=O)c1ccc(OCC(=O)OCCCCCCOC(=O)COc2ccc(C(=O)C(=C)CC)c(C)c2C)c(C)c1C. The lowest BCUT2D eigenvalue weighted by Crippen LogP contribution is -2.17. The Morgan fingerprint density at radius 2 is 0.932 bits per heavy atom. The molecule has 0 bridgehead atoms. The molecular weight excluding hydrogens is 560 g/mol. The van der Waals surface area contributed by atoms with Crippen LogP contribution in [0.1, 0.15) is 95.3 Å². The van der Waals surface area contributed by atoms with Crippen molar-refractivity contribution >= 4 is 23.5 Å². The molecule has 2 rings (SSSR count). The van der Waals surface area contributed by atoms with E-state index in [0.717, 1.165) is 35.1 Å². The van der Waals surface area contributed by atoms with Gasteiger partial charge in [-0.25, -0.2) is 9.59 Å². The van der Waals surface area contributed by atoms with Crippen LogP contribution < -0.4 is 9.47 Å². The molecule has 0 aliphatic heterocycles. The average Bonchev–Trinajstić information content (AvgIpc) is 3.02. The van der Waals surface area contributed by atoms with Gasteiger partial charge in [0.15, 0.2) is 24.8 Å². The van der Waals surface area contributed by atoms with E-state index in [1.807, 2.05) is 41.5 Å². The Hall–Kier alpha value is -4.20. The van der Waals surface area contributed by atoms with Gasteiger partial charge in [0.05, 0.1) is 13.2 Å². The van der Waals surface area contributed by atoms with Gasteiger partial charge in [-0.1, -0.05) is 27.0 Å². The van der Waals surface area contributed by atoms with Crippen molar-refractivity contribution in [1.82, 2.24) is 0 Å². The third-order valence-corrected chi connectivity index (χ3v) is 7.72. The fraction of sp³-hybridized carbons (Fsp3) is 0.444. The minimum absolute atomic E-state index is 0.0801. The van der Waals surface area contributed by atoms with Crippen molar-refractivity contribution in [3.8, 4) is 11.5 Å². The second-order valence-electron chi connectivity index (χ2n) is 10.7. The second kappa shape index (κ2) is 17.8. The minimum atomic E-state index is -0.464. The van der Waals surface area contributed by atoms with Crippen LogP contribution in [0, 0.1) is 27.7 Å². The molecule has 2 aromatic rings. The molecule has 0 saturated carbocycles. The maximum absolute atomic E-state index is 12.5. The van der Waals surface area contributed by atoms with Gasteiger partial charge in [0.25, 0.3) is 0 Å². The van der Waals surface area contributed by atoms with E-state index in [4.69, 9.17) is 18.9 Å². The van der Waals surface area contributed by atoms with Crippen LogP contribution in [0.25, 0.3) is 0 Å². The van der Waals surface area contributed by atoms with Crippen molar-refractivity contribution in [1.29, 1.82) is 0 Å². The molecule has 0 radical (unpaired) electrons. The summed E-state index contributed by atoms with van der Waals surface area (Å²) in [6.07, 6.45) is 4.16. The zero-order chi connectivity index (χ0) is 32.8. The number of carbonyl (C=O) groups is 4. The lowest BCUT2D eigenvalue weighted by molar-refractivity contribution is -0.147. The van der Waals surface area contributed by atoms with Gasteiger partial charge in [-0.15, -0.1) is 0 Å². The van der Waals surface area contributed by atoms with E-state index >= 15 is 0 Å². The molecule has 0 fully saturated rings. The van der Waals surface area contributed by atoms with Crippen LogP contribution >= 0.6 is 0 Å². The highest BCUT2D eigenvalue weighted by Crippen LogP contribution is 2.27. The van der Waals surface area contributed by atoms with Crippen LogP contribution in [0.4, 0.5) is 0 Å². The van der Waals surface area contributed by atoms with Crippen LogP contribution in [0.5, 0.6) is 11.5 Å². The molecule has 0 saturated heterocycles. The van der Waals surface area contributed by atoms with Crippen LogP contribution in [-0.2, 0) is 19.1 Å². The normalized spacial score (nSPS) is 10.6. The maximum Gasteiger partial charge on any atom is 0.344 e. The summed E-state index contributed by atoms with van der Waals surface area (Å²) in [5.74, 6) is -0.0207. The number of unbranched alkanes of at least 4 members (excludes halogenated alkanes) is 3. The lowest BCUT2D eigenvalue weighted by atomic mass is 9.95. The summed E-state index contributed by atoms with van der Waals surface area (Å²) >= 11 is 0. The smallest absolute Gasteiger partial charge is 0.344 e. The van der Waals surface area contributed by atoms with E-state index < -0.39 is 11.9 Å². The van der Waals surface area contributed by atoms with Gasteiger partial charge in [-0.2, -0.15) is 0 Å². The van der Waals surface area contributed by atoms with E-state index in [0.29, 0.717) is 59.5 Å². The number of carbonyl (C=O) groups excluding carboxylic acids is 4. The maximum atomic E-state index is 12.5. The molecule has 0 atom stereocenters. The molecule has 0 N–H and O–H groups in total. The molecule has 8 heteroatoms. The molecule has 44 heavy (non-hydrogen) atoms. The molecule has 0 aliphatic rings. The Morgan fingerprint density at radius 1 is 0.568 bits per heavy atom. The third kappa shape index (κ3) is 10.2. The highest BCUT2D eigenvalue weighted by Gasteiger charge is 2.17. The summed E-state index contributed by atoms with van der Waals surface area (Å²) in [6.45, 7) is 18.9. The second-order valence-corrected chi connectivity index (χ2v) is 10.7. The van der Waals surface area contributed by atoms with E-state index in [-0.39, 0.29) is 38.0 Å². The number of benzene rings is 2. The summed E-state index contributed by atoms with van der Waals surface area (Å²) in [6, 6.07) is 6.79. The zero-order valence-corrected chi connectivity index (χ0v) is 27.1. The summed E-state index contributed by atoms with van der Waals surface area (Å²) in [4.78, 5) is 49.2. The summed E-state index contributed by atoms with van der Waals surface area (Å²) in [7, 11) is 0. The molecule has 0 heterocycles. The van der Waals surface area contributed by atoms with Gasteiger partial charge in [-0.3, -0.25) is 9.59 Å². The first-order valence-corrected chi connectivity index (χ1v) is 15.1. The first kappa shape index (κ1) is 36.0.